The summed E-state index contributed by atoms with van der Waals surface area (Å²) < 4.78 is 4.59. The quantitative estimate of drug-likeness (QED) is 0.207. The predicted molar refractivity (Wildman–Crippen MR) is 103 cm³/mol. The van der Waals surface area contributed by atoms with Gasteiger partial charge in [-0.1, -0.05) is 50.8 Å². The number of carbonyl (C=O) groups is 2. The van der Waals surface area contributed by atoms with E-state index in [1.807, 2.05) is 0 Å². The maximum atomic E-state index is 12.2. The van der Waals surface area contributed by atoms with Gasteiger partial charge >= 0.3 is 5.97 Å². The summed E-state index contributed by atoms with van der Waals surface area (Å²) in [5.41, 5.74) is 0.403. The van der Waals surface area contributed by atoms with Gasteiger partial charge in [-0.25, -0.2) is 0 Å². The zero-order chi connectivity index (χ0) is 20.2. The van der Waals surface area contributed by atoms with Gasteiger partial charge in [-0.2, -0.15) is 0 Å². The first-order chi connectivity index (χ1) is 12.9. The molecule has 4 atom stereocenters. The van der Waals surface area contributed by atoms with Crippen LogP contribution in [0.3, 0.4) is 0 Å². The maximum absolute atomic E-state index is 12.2. The second kappa shape index (κ2) is 12.8. The van der Waals surface area contributed by atoms with Crippen LogP contribution in [0.2, 0.25) is 0 Å². The van der Waals surface area contributed by atoms with E-state index in [1.165, 1.54) is 7.11 Å². The van der Waals surface area contributed by atoms with Crippen LogP contribution in [0, 0.1) is 5.92 Å². The molecular formula is C21H34O6. The molecule has 6 nitrogen and oxygen atoms in total. The van der Waals surface area contributed by atoms with Crippen LogP contribution in [0.25, 0.3) is 0 Å². The van der Waals surface area contributed by atoms with E-state index in [4.69, 9.17) is 0 Å². The number of allylic oxidation sites excluding steroid dienone is 1. The number of esters is 1. The van der Waals surface area contributed by atoms with Gasteiger partial charge in [-0.05, 0) is 25.7 Å². The molecule has 3 N–H and O–H groups in total. The number of rotatable bonds is 12. The molecule has 1 fully saturated rings. The van der Waals surface area contributed by atoms with Crippen LogP contribution in [0.4, 0.5) is 0 Å². The van der Waals surface area contributed by atoms with E-state index in [-0.39, 0.29) is 5.97 Å². The molecule has 1 saturated carbocycles. The van der Waals surface area contributed by atoms with Crippen molar-refractivity contribution in [2.75, 3.05) is 7.11 Å². The van der Waals surface area contributed by atoms with Crippen LogP contribution in [-0.2, 0) is 14.3 Å². The lowest BCUT2D eigenvalue weighted by Crippen LogP contribution is -2.27. The van der Waals surface area contributed by atoms with Gasteiger partial charge in [0.15, 0.2) is 5.78 Å². The Labute approximate surface area is 161 Å². The molecule has 27 heavy (non-hydrogen) atoms. The molecule has 0 heterocycles. The second-order valence-electron chi connectivity index (χ2n) is 7.11. The van der Waals surface area contributed by atoms with Gasteiger partial charge in [0, 0.05) is 17.9 Å². The van der Waals surface area contributed by atoms with Crippen molar-refractivity contribution in [2.24, 2.45) is 5.92 Å². The molecule has 0 aliphatic heterocycles. The largest absolute Gasteiger partial charge is 0.469 e. The average Bonchev–Trinajstić information content (AvgIpc) is 2.86. The fourth-order valence-corrected chi connectivity index (χ4v) is 3.22. The lowest BCUT2D eigenvalue weighted by molar-refractivity contribution is -0.140. The summed E-state index contributed by atoms with van der Waals surface area (Å²) in [7, 11) is 1.36. The van der Waals surface area contributed by atoms with Gasteiger partial charge < -0.3 is 20.1 Å². The van der Waals surface area contributed by atoms with Crippen molar-refractivity contribution >= 4 is 11.8 Å². The van der Waals surface area contributed by atoms with E-state index in [0.29, 0.717) is 24.8 Å². The number of ether oxygens (including phenoxy) is 1. The molecule has 0 aromatic rings. The molecule has 0 bridgehead atoms. The predicted octanol–water partition coefficient (Wildman–Crippen LogP) is 2.45. The first-order valence-corrected chi connectivity index (χ1v) is 9.96. The van der Waals surface area contributed by atoms with E-state index < -0.39 is 30.0 Å². The number of methoxy groups -OCH3 is 1. The zero-order valence-electron chi connectivity index (χ0n) is 16.5. The first-order valence-electron chi connectivity index (χ1n) is 9.96. The summed E-state index contributed by atoms with van der Waals surface area (Å²) in [4.78, 5) is 23.3. The van der Waals surface area contributed by atoms with E-state index in [0.717, 1.165) is 38.5 Å². The minimum Gasteiger partial charge on any atom is -0.469 e. The smallest absolute Gasteiger partial charge is 0.305 e. The lowest BCUT2D eigenvalue weighted by Gasteiger charge is -2.13. The first kappa shape index (κ1) is 23.5. The Morgan fingerprint density at radius 3 is 2.59 bits per heavy atom. The fraction of sp³-hybridized carbons (Fsp3) is 0.714. The molecule has 1 aliphatic rings. The third-order valence-electron chi connectivity index (χ3n) is 4.92. The SMILES string of the molecule is CCCCC[C@@H](O)/C=C/[C@@H]1/C(=C\CCCCCC(=O)OC)C(=O)[C@@H](O)[C@H]1O. The Hall–Kier alpha value is -1.50. The van der Waals surface area contributed by atoms with Gasteiger partial charge in [0.05, 0.1) is 19.3 Å². The number of aliphatic hydroxyl groups is 3. The molecule has 1 rings (SSSR count). The topological polar surface area (TPSA) is 104 Å². The van der Waals surface area contributed by atoms with Gasteiger partial charge in [0.25, 0.3) is 0 Å². The maximum Gasteiger partial charge on any atom is 0.305 e. The molecule has 154 valence electrons. The van der Waals surface area contributed by atoms with Crippen molar-refractivity contribution in [3.8, 4) is 0 Å². The summed E-state index contributed by atoms with van der Waals surface area (Å²) >= 11 is 0. The summed E-state index contributed by atoms with van der Waals surface area (Å²) in [6, 6.07) is 0. The highest BCUT2D eigenvalue weighted by atomic mass is 16.5. The molecule has 0 spiro atoms. The molecule has 6 heteroatoms. The van der Waals surface area contributed by atoms with Crippen molar-refractivity contribution in [3.05, 3.63) is 23.8 Å². The van der Waals surface area contributed by atoms with Crippen LogP contribution in [-0.4, -0.2) is 52.5 Å². The van der Waals surface area contributed by atoms with E-state index in [1.54, 1.807) is 18.2 Å². The van der Waals surface area contributed by atoms with Gasteiger partial charge in [-0.15, -0.1) is 0 Å². The summed E-state index contributed by atoms with van der Waals surface area (Å²) in [6.45, 7) is 2.09. The number of aliphatic hydroxyl groups excluding tert-OH is 3. The van der Waals surface area contributed by atoms with Crippen LogP contribution in [0.5, 0.6) is 0 Å². The lowest BCUT2D eigenvalue weighted by atomic mass is 9.97. The minimum absolute atomic E-state index is 0.228. The van der Waals surface area contributed by atoms with Crippen LogP contribution in [0.15, 0.2) is 23.8 Å². The molecule has 0 saturated heterocycles. The van der Waals surface area contributed by atoms with Crippen molar-refractivity contribution in [1.29, 1.82) is 0 Å². The number of hydrogen-bond donors (Lipinski definition) is 3. The van der Waals surface area contributed by atoms with Crippen LogP contribution < -0.4 is 0 Å². The highest BCUT2D eigenvalue weighted by molar-refractivity contribution is 6.02. The number of hydrogen-bond acceptors (Lipinski definition) is 6. The van der Waals surface area contributed by atoms with E-state index in [9.17, 15) is 24.9 Å². The normalized spacial score (nSPS) is 25.4. The highest BCUT2D eigenvalue weighted by Gasteiger charge is 2.43. The van der Waals surface area contributed by atoms with Gasteiger partial charge in [-0.3, -0.25) is 9.59 Å². The fourth-order valence-electron chi connectivity index (χ4n) is 3.22. The van der Waals surface area contributed by atoms with Crippen molar-refractivity contribution in [2.45, 2.75) is 83.0 Å². The average molecular weight is 382 g/mol. The number of unbranched alkanes of at least 4 members (excludes halogenated alkanes) is 5. The number of ketones is 1. The van der Waals surface area contributed by atoms with Crippen LogP contribution >= 0.6 is 0 Å². The van der Waals surface area contributed by atoms with Crippen molar-refractivity contribution in [3.63, 3.8) is 0 Å². The van der Waals surface area contributed by atoms with Crippen LogP contribution in [0.1, 0.15) is 64.7 Å². The number of carbonyl (C=O) groups excluding carboxylic acids is 2. The Morgan fingerprint density at radius 2 is 1.93 bits per heavy atom. The standard InChI is InChI=1S/C21H34O6/c1-3-4-7-10-15(22)13-14-17-16(19(24)21(26)20(17)25)11-8-5-6-9-12-18(23)27-2/h11,13-15,17,20-22,25-26H,3-10,12H2,1-2H3/b14-13+,16-11+/t15-,17-,20+,21-/m1/s1. The molecule has 0 aromatic heterocycles. The Bertz CT molecular complexity index is 525. The summed E-state index contributed by atoms with van der Waals surface area (Å²) in [5.74, 6) is -1.27. The highest BCUT2D eigenvalue weighted by Crippen LogP contribution is 2.31. The Balaban J connectivity index is 2.57. The molecule has 0 radical (unpaired) electrons. The van der Waals surface area contributed by atoms with Gasteiger partial charge in [0.2, 0.25) is 0 Å². The molecule has 1 aliphatic carbocycles. The molecule has 0 aromatic carbocycles. The summed E-state index contributed by atoms with van der Waals surface area (Å²) in [5, 5.41) is 30.1. The zero-order valence-corrected chi connectivity index (χ0v) is 16.5. The molecule has 0 amide bonds. The van der Waals surface area contributed by atoms with E-state index in [2.05, 4.69) is 11.7 Å². The van der Waals surface area contributed by atoms with Crippen molar-refractivity contribution < 1.29 is 29.6 Å². The minimum atomic E-state index is -1.41. The van der Waals surface area contributed by atoms with Gasteiger partial charge in [0.1, 0.15) is 6.10 Å². The van der Waals surface area contributed by atoms with E-state index >= 15 is 0 Å². The molecular weight excluding hydrogens is 348 g/mol. The van der Waals surface area contributed by atoms with Crippen molar-refractivity contribution in [1.82, 2.24) is 0 Å². The Kier molecular flexibility index (Phi) is 11.2. The third-order valence-corrected chi connectivity index (χ3v) is 4.92. The second-order valence-corrected chi connectivity index (χ2v) is 7.11. The monoisotopic (exact) mass is 382 g/mol. The number of Topliss-reactive ketones (excluding diaryl/α,β-unsaturated/α-hetero) is 1. The third kappa shape index (κ3) is 7.95. The Morgan fingerprint density at radius 1 is 1.19 bits per heavy atom. The molecule has 0 unspecified atom stereocenters. The summed E-state index contributed by atoms with van der Waals surface area (Å²) in [6.07, 6.45) is 8.86.